The second-order valence-corrected chi connectivity index (χ2v) is 3.66. The standard InChI is InChI=1S/C13H11NO4/c1-3-4-14-10-5-9(7-15)6-11(17-2)13(10)18-8-12(14)16/h1,5-7H,4,8H2,2H3. The third kappa shape index (κ3) is 1.89. The number of terminal acetylenes is 1. The van der Waals surface area contributed by atoms with Crippen molar-refractivity contribution in [1.29, 1.82) is 0 Å². The van der Waals surface area contributed by atoms with Crippen LogP contribution in [0, 0.1) is 12.3 Å². The quantitative estimate of drug-likeness (QED) is 0.585. The van der Waals surface area contributed by atoms with Crippen molar-refractivity contribution in [2.45, 2.75) is 0 Å². The second kappa shape index (κ2) is 4.80. The molecule has 1 heterocycles. The van der Waals surface area contributed by atoms with Gasteiger partial charge < -0.3 is 9.47 Å². The summed E-state index contributed by atoms with van der Waals surface area (Å²) < 4.78 is 10.5. The normalized spacial score (nSPS) is 13.3. The van der Waals surface area contributed by atoms with E-state index in [1.807, 2.05) is 0 Å². The van der Waals surface area contributed by atoms with Gasteiger partial charge in [0.05, 0.1) is 19.3 Å². The molecular weight excluding hydrogens is 234 g/mol. The van der Waals surface area contributed by atoms with E-state index in [1.54, 1.807) is 12.1 Å². The van der Waals surface area contributed by atoms with Gasteiger partial charge in [0.15, 0.2) is 18.1 Å². The Morgan fingerprint density at radius 1 is 1.61 bits per heavy atom. The molecule has 0 spiro atoms. The molecule has 1 aromatic rings. The first-order chi connectivity index (χ1) is 8.71. The van der Waals surface area contributed by atoms with Crippen LogP contribution in [0.25, 0.3) is 0 Å². The zero-order chi connectivity index (χ0) is 13.1. The Morgan fingerprint density at radius 3 is 3.00 bits per heavy atom. The molecule has 1 aliphatic heterocycles. The van der Waals surface area contributed by atoms with Crippen molar-refractivity contribution in [3.05, 3.63) is 17.7 Å². The number of benzene rings is 1. The lowest BCUT2D eigenvalue weighted by molar-refractivity contribution is -0.121. The molecule has 1 aromatic carbocycles. The van der Waals surface area contributed by atoms with Crippen LogP contribution in [0.15, 0.2) is 12.1 Å². The number of hydrogen-bond acceptors (Lipinski definition) is 4. The number of hydrogen-bond donors (Lipinski definition) is 0. The molecular formula is C13H11NO4. The van der Waals surface area contributed by atoms with Crippen LogP contribution in [0.5, 0.6) is 11.5 Å². The van der Waals surface area contributed by atoms with Crippen molar-refractivity contribution >= 4 is 17.9 Å². The number of ether oxygens (including phenoxy) is 2. The fourth-order valence-electron chi connectivity index (χ4n) is 1.78. The van der Waals surface area contributed by atoms with Crippen molar-refractivity contribution in [3.63, 3.8) is 0 Å². The van der Waals surface area contributed by atoms with Crippen molar-refractivity contribution in [2.24, 2.45) is 0 Å². The largest absolute Gasteiger partial charge is 0.493 e. The highest BCUT2D eigenvalue weighted by atomic mass is 16.5. The minimum absolute atomic E-state index is 0.0918. The van der Waals surface area contributed by atoms with E-state index in [-0.39, 0.29) is 19.1 Å². The molecule has 0 bridgehead atoms. The molecule has 0 aromatic heterocycles. The van der Waals surface area contributed by atoms with Crippen LogP contribution < -0.4 is 14.4 Å². The summed E-state index contributed by atoms with van der Waals surface area (Å²) in [5.74, 6) is 2.99. The minimum atomic E-state index is -0.245. The van der Waals surface area contributed by atoms with E-state index in [4.69, 9.17) is 15.9 Å². The van der Waals surface area contributed by atoms with Gasteiger partial charge in [0.2, 0.25) is 0 Å². The maximum Gasteiger partial charge on any atom is 0.265 e. The second-order valence-electron chi connectivity index (χ2n) is 3.66. The van der Waals surface area contributed by atoms with E-state index < -0.39 is 0 Å². The fraction of sp³-hybridized carbons (Fsp3) is 0.231. The summed E-state index contributed by atoms with van der Waals surface area (Å²) in [6, 6.07) is 3.11. The van der Waals surface area contributed by atoms with E-state index >= 15 is 0 Å². The van der Waals surface area contributed by atoms with Gasteiger partial charge in [-0.15, -0.1) is 6.42 Å². The molecule has 0 saturated heterocycles. The maximum atomic E-state index is 11.7. The Hall–Kier alpha value is -2.48. The van der Waals surface area contributed by atoms with Crippen LogP contribution >= 0.6 is 0 Å². The van der Waals surface area contributed by atoms with Gasteiger partial charge in [0.1, 0.15) is 6.29 Å². The minimum Gasteiger partial charge on any atom is -0.493 e. The van der Waals surface area contributed by atoms with E-state index in [2.05, 4.69) is 5.92 Å². The number of aldehydes is 1. The molecule has 0 saturated carbocycles. The molecule has 18 heavy (non-hydrogen) atoms. The predicted octanol–water partition coefficient (Wildman–Crippen LogP) is 0.866. The fourth-order valence-corrected chi connectivity index (χ4v) is 1.78. The smallest absolute Gasteiger partial charge is 0.265 e. The molecule has 0 atom stereocenters. The number of anilines is 1. The maximum absolute atomic E-state index is 11.7. The molecule has 0 radical (unpaired) electrons. The molecule has 0 N–H and O–H groups in total. The molecule has 5 nitrogen and oxygen atoms in total. The topological polar surface area (TPSA) is 55.8 Å². The number of nitrogens with zero attached hydrogens (tertiary/aromatic N) is 1. The SMILES string of the molecule is C#CCN1C(=O)COc2c(OC)cc(C=O)cc21. The summed E-state index contributed by atoms with van der Waals surface area (Å²) in [5, 5.41) is 0. The van der Waals surface area contributed by atoms with Crippen LogP contribution in [-0.2, 0) is 4.79 Å². The molecule has 1 amide bonds. The summed E-state index contributed by atoms with van der Waals surface area (Å²) in [7, 11) is 1.47. The first kappa shape index (κ1) is 12.0. The highest BCUT2D eigenvalue weighted by Gasteiger charge is 2.28. The Labute approximate surface area is 104 Å². The molecule has 5 heteroatoms. The van der Waals surface area contributed by atoms with Gasteiger partial charge in [0, 0.05) is 5.56 Å². The van der Waals surface area contributed by atoms with Crippen LogP contribution in [0.3, 0.4) is 0 Å². The molecule has 1 aliphatic rings. The Morgan fingerprint density at radius 2 is 2.39 bits per heavy atom. The average Bonchev–Trinajstić information content (AvgIpc) is 2.40. The summed E-state index contributed by atoms with van der Waals surface area (Å²) in [4.78, 5) is 24.0. The van der Waals surface area contributed by atoms with E-state index in [1.165, 1.54) is 12.0 Å². The molecule has 2 rings (SSSR count). The van der Waals surface area contributed by atoms with Crippen molar-refractivity contribution in [1.82, 2.24) is 0 Å². The number of carbonyl (C=O) groups is 2. The summed E-state index contributed by atoms with van der Waals surface area (Å²) in [5.41, 5.74) is 0.858. The molecule has 92 valence electrons. The predicted molar refractivity (Wildman–Crippen MR) is 65.1 cm³/mol. The Kier molecular flexibility index (Phi) is 3.20. The van der Waals surface area contributed by atoms with E-state index in [0.717, 1.165) is 0 Å². The van der Waals surface area contributed by atoms with E-state index in [0.29, 0.717) is 29.0 Å². The van der Waals surface area contributed by atoms with Gasteiger partial charge >= 0.3 is 0 Å². The van der Waals surface area contributed by atoms with Gasteiger partial charge in [-0.25, -0.2) is 0 Å². The van der Waals surface area contributed by atoms with E-state index in [9.17, 15) is 9.59 Å². The summed E-state index contributed by atoms with van der Waals surface area (Å²) in [6.07, 6.45) is 5.91. The van der Waals surface area contributed by atoms with Crippen LogP contribution in [0.1, 0.15) is 10.4 Å². The Bertz CT molecular complexity index is 545. The third-order valence-electron chi connectivity index (χ3n) is 2.59. The summed E-state index contributed by atoms with van der Waals surface area (Å²) in [6.45, 7) is 0.0339. The first-order valence-corrected chi connectivity index (χ1v) is 5.25. The van der Waals surface area contributed by atoms with Gasteiger partial charge in [-0.2, -0.15) is 0 Å². The highest BCUT2D eigenvalue weighted by Crippen LogP contribution is 2.40. The zero-order valence-corrected chi connectivity index (χ0v) is 9.80. The molecule has 0 fully saturated rings. The van der Waals surface area contributed by atoms with Crippen molar-refractivity contribution in [2.75, 3.05) is 25.2 Å². The van der Waals surface area contributed by atoms with Gasteiger partial charge in [-0.05, 0) is 12.1 Å². The first-order valence-electron chi connectivity index (χ1n) is 5.25. The van der Waals surface area contributed by atoms with Crippen LogP contribution in [0.2, 0.25) is 0 Å². The summed E-state index contributed by atoms with van der Waals surface area (Å²) >= 11 is 0. The Balaban J connectivity index is 2.59. The van der Waals surface area contributed by atoms with Crippen LogP contribution in [0.4, 0.5) is 5.69 Å². The monoisotopic (exact) mass is 245 g/mol. The van der Waals surface area contributed by atoms with Gasteiger partial charge in [0.25, 0.3) is 5.91 Å². The van der Waals surface area contributed by atoms with Crippen molar-refractivity contribution < 1.29 is 19.1 Å². The van der Waals surface area contributed by atoms with Gasteiger partial charge in [-0.1, -0.05) is 5.92 Å². The highest BCUT2D eigenvalue weighted by molar-refractivity contribution is 6.00. The van der Waals surface area contributed by atoms with Gasteiger partial charge in [-0.3, -0.25) is 14.5 Å². The number of methoxy groups -OCH3 is 1. The number of rotatable bonds is 3. The lowest BCUT2D eigenvalue weighted by atomic mass is 10.1. The molecule has 0 unspecified atom stereocenters. The number of amides is 1. The van der Waals surface area contributed by atoms with Crippen LogP contribution in [-0.4, -0.2) is 32.5 Å². The average molecular weight is 245 g/mol. The zero-order valence-electron chi connectivity index (χ0n) is 9.80. The number of carbonyl (C=O) groups excluding carboxylic acids is 2. The lowest BCUT2D eigenvalue weighted by Crippen LogP contribution is -2.39. The molecule has 0 aliphatic carbocycles. The van der Waals surface area contributed by atoms with Crippen molar-refractivity contribution in [3.8, 4) is 23.8 Å². The number of fused-ring (bicyclic) bond motifs is 1. The lowest BCUT2D eigenvalue weighted by Gasteiger charge is -2.29. The third-order valence-corrected chi connectivity index (χ3v) is 2.59.